The van der Waals surface area contributed by atoms with Crippen LogP contribution in [0.4, 0.5) is 13.2 Å². The van der Waals surface area contributed by atoms with Gasteiger partial charge in [-0.15, -0.1) is 0 Å². The third-order valence-electron chi connectivity index (χ3n) is 1.88. The van der Waals surface area contributed by atoms with Crippen LogP contribution in [-0.4, -0.2) is 25.4 Å². The van der Waals surface area contributed by atoms with Gasteiger partial charge in [0.05, 0.1) is 0 Å². The zero-order valence-corrected chi connectivity index (χ0v) is 7.90. The molecule has 0 aromatic carbocycles. The largest absolute Gasteiger partial charge is 0.411 e. The van der Waals surface area contributed by atoms with E-state index in [2.05, 4.69) is 4.74 Å². The van der Waals surface area contributed by atoms with Crippen molar-refractivity contribution in [2.24, 2.45) is 11.7 Å². The topological polar surface area (TPSA) is 35.2 Å². The summed E-state index contributed by atoms with van der Waals surface area (Å²) in [5, 5.41) is 0. The summed E-state index contributed by atoms with van der Waals surface area (Å²) in [6.45, 7) is 2.66. The first kappa shape index (κ1) is 12.7. The van der Waals surface area contributed by atoms with Crippen molar-refractivity contribution >= 4 is 0 Å². The number of hydrogen-bond donors (Lipinski definition) is 1. The number of ether oxygens (including phenoxy) is 1. The van der Waals surface area contributed by atoms with E-state index in [9.17, 15) is 13.2 Å². The van der Waals surface area contributed by atoms with Crippen LogP contribution in [0.15, 0.2) is 0 Å². The molecule has 0 amide bonds. The second kappa shape index (κ2) is 5.44. The van der Waals surface area contributed by atoms with E-state index < -0.39 is 12.8 Å². The lowest BCUT2D eigenvalue weighted by Crippen LogP contribution is -2.26. The normalized spacial score (nSPS) is 17.1. The first-order valence-electron chi connectivity index (χ1n) is 4.23. The van der Waals surface area contributed by atoms with E-state index in [0.29, 0.717) is 6.42 Å². The Hall–Kier alpha value is -0.290. The Bertz CT molecular complexity index is 136. The zero-order valence-electron chi connectivity index (χ0n) is 7.90. The van der Waals surface area contributed by atoms with Crippen LogP contribution in [0.2, 0.25) is 0 Å². The average molecular weight is 199 g/mol. The molecule has 2 N–H and O–H groups in total. The second-order valence-corrected chi connectivity index (χ2v) is 3.29. The van der Waals surface area contributed by atoms with Crippen molar-refractivity contribution in [2.45, 2.75) is 32.5 Å². The van der Waals surface area contributed by atoms with Gasteiger partial charge in [-0.25, -0.2) is 0 Å². The first-order valence-corrected chi connectivity index (χ1v) is 4.23. The van der Waals surface area contributed by atoms with Crippen LogP contribution in [0.5, 0.6) is 0 Å². The molecule has 0 spiro atoms. The third kappa shape index (κ3) is 8.05. The number of rotatable bonds is 5. The van der Waals surface area contributed by atoms with Crippen LogP contribution in [0.1, 0.15) is 20.3 Å². The van der Waals surface area contributed by atoms with Gasteiger partial charge in [-0.05, 0) is 19.3 Å². The fourth-order valence-electron chi connectivity index (χ4n) is 0.720. The Morgan fingerprint density at radius 3 is 2.23 bits per heavy atom. The number of halogens is 3. The quantitative estimate of drug-likeness (QED) is 0.687. The van der Waals surface area contributed by atoms with Crippen LogP contribution in [-0.2, 0) is 4.74 Å². The predicted molar refractivity (Wildman–Crippen MR) is 44.3 cm³/mol. The molecule has 0 aliphatic heterocycles. The molecule has 0 radical (unpaired) electrons. The van der Waals surface area contributed by atoms with Crippen molar-refractivity contribution in [2.75, 3.05) is 13.2 Å². The zero-order chi connectivity index (χ0) is 10.5. The fourth-order valence-corrected chi connectivity index (χ4v) is 0.720. The summed E-state index contributed by atoms with van der Waals surface area (Å²) in [7, 11) is 0. The molecule has 2 unspecified atom stereocenters. The molecule has 0 heterocycles. The molecule has 0 aromatic heterocycles. The van der Waals surface area contributed by atoms with Crippen molar-refractivity contribution in [1.82, 2.24) is 0 Å². The Kier molecular flexibility index (Phi) is 5.32. The van der Waals surface area contributed by atoms with Crippen LogP contribution in [0.25, 0.3) is 0 Å². The van der Waals surface area contributed by atoms with Crippen LogP contribution >= 0.6 is 0 Å². The molecule has 0 saturated carbocycles. The van der Waals surface area contributed by atoms with Gasteiger partial charge in [0.15, 0.2) is 0 Å². The van der Waals surface area contributed by atoms with Crippen molar-refractivity contribution < 1.29 is 17.9 Å². The monoisotopic (exact) mass is 199 g/mol. The summed E-state index contributed by atoms with van der Waals surface area (Å²) in [5.41, 5.74) is 5.53. The summed E-state index contributed by atoms with van der Waals surface area (Å²) in [4.78, 5) is 0. The maximum Gasteiger partial charge on any atom is 0.411 e. The van der Waals surface area contributed by atoms with E-state index >= 15 is 0 Å². The number of nitrogens with two attached hydrogens (primary N) is 1. The maximum absolute atomic E-state index is 11.6. The summed E-state index contributed by atoms with van der Waals surface area (Å²) in [6, 6.07) is -0.00510. The average Bonchev–Trinajstić information content (AvgIpc) is 1.95. The molecule has 0 bridgehead atoms. The molecule has 0 aliphatic rings. The molecular formula is C8H16F3NO. The van der Waals surface area contributed by atoms with Gasteiger partial charge in [-0.2, -0.15) is 13.2 Å². The van der Waals surface area contributed by atoms with Crippen LogP contribution in [0, 0.1) is 5.92 Å². The molecule has 5 heteroatoms. The van der Waals surface area contributed by atoms with Gasteiger partial charge >= 0.3 is 6.18 Å². The van der Waals surface area contributed by atoms with E-state index in [1.165, 1.54) is 0 Å². The van der Waals surface area contributed by atoms with Gasteiger partial charge in [0, 0.05) is 12.6 Å². The van der Waals surface area contributed by atoms with E-state index in [4.69, 9.17) is 5.73 Å². The molecular weight excluding hydrogens is 183 g/mol. The highest BCUT2D eigenvalue weighted by Gasteiger charge is 2.27. The van der Waals surface area contributed by atoms with Crippen molar-refractivity contribution in [3.8, 4) is 0 Å². The molecule has 13 heavy (non-hydrogen) atoms. The molecule has 0 fully saturated rings. The Morgan fingerprint density at radius 2 is 1.85 bits per heavy atom. The first-order chi connectivity index (χ1) is 5.83. The molecule has 0 saturated heterocycles. The molecule has 2 nitrogen and oxygen atoms in total. The Morgan fingerprint density at radius 1 is 1.31 bits per heavy atom. The maximum atomic E-state index is 11.6. The fraction of sp³-hybridized carbons (Fsp3) is 1.00. The summed E-state index contributed by atoms with van der Waals surface area (Å²) in [5.74, 6) is 0.188. The smallest absolute Gasteiger partial charge is 0.372 e. The van der Waals surface area contributed by atoms with Gasteiger partial charge < -0.3 is 10.5 Å². The SMILES string of the molecule is CC(N)C(C)CCOCC(F)(F)F. The van der Waals surface area contributed by atoms with Crippen molar-refractivity contribution in [1.29, 1.82) is 0 Å². The predicted octanol–water partition coefficient (Wildman–Crippen LogP) is 1.94. The van der Waals surface area contributed by atoms with E-state index in [1.807, 2.05) is 13.8 Å². The number of alkyl halides is 3. The lowest BCUT2D eigenvalue weighted by Gasteiger charge is -2.15. The summed E-state index contributed by atoms with van der Waals surface area (Å²) in [6.07, 6.45) is -3.66. The third-order valence-corrected chi connectivity index (χ3v) is 1.88. The minimum absolute atomic E-state index is 0.00510. The standard InChI is InChI=1S/C8H16F3NO/c1-6(7(2)12)3-4-13-5-8(9,10)11/h6-7H,3-5,12H2,1-2H3. The van der Waals surface area contributed by atoms with Crippen LogP contribution < -0.4 is 5.73 Å². The van der Waals surface area contributed by atoms with E-state index in [0.717, 1.165) is 0 Å². The molecule has 80 valence electrons. The van der Waals surface area contributed by atoms with Gasteiger partial charge in [-0.3, -0.25) is 0 Å². The minimum atomic E-state index is -4.22. The Balaban J connectivity index is 3.36. The van der Waals surface area contributed by atoms with Crippen LogP contribution in [0.3, 0.4) is 0 Å². The molecule has 0 aliphatic carbocycles. The lowest BCUT2D eigenvalue weighted by atomic mass is 10.0. The van der Waals surface area contributed by atoms with E-state index in [1.54, 1.807) is 0 Å². The lowest BCUT2D eigenvalue weighted by molar-refractivity contribution is -0.174. The van der Waals surface area contributed by atoms with Gasteiger partial charge in [0.2, 0.25) is 0 Å². The van der Waals surface area contributed by atoms with Gasteiger partial charge in [-0.1, -0.05) is 6.92 Å². The van der Waals surface area contributed by atoms with Crippen molar-refractivity contribution in [3.63, 3.8) is 0 Å². The van der Waals surface area contributed by atoms with Gasteiger partial charge in [0.1, 0.15) is 6.61 Å². The second-order valence-electron chi connectivity index (χ2n) is 3.29. The highest BCUT2D eigenvalue weighted by atomic mass is 19.4. The summed E-state index contributed by atoms with van der Waals surface area (Å²) < 4.78 is 39.2. The summed E-state index contributed by atoms with van der Waals surface area (Å²) >= 11 is 0. The minimum Gasteiger partial charge on any atom is -0.372 e. The van der Waals surface area contributed by atoms with Gasteiger partial charge in [0.25, 0.3) is 0 Å². The Labute approximate surface area is 76.2 Å². The molecule has 2 atom stereocenters. The highest BCUT2D eigenvalue weighted by Crippen LogP contribution is 2.15. The van der Waals surface area contributed by atoms with E-state index in [-0.39, 0.29) is 18.6 Å². The molecule has 0 rings (SSSR count). The number of hydrogen-bond acceptors (Lipinski definition) is 2. The highest BCUT2D eigenvalue weighted by molar-refractivity contribution is 4.62. The molecule has 0 aromatic rings. The van der Waals surface area contributed by atoms with Crippen molar-refractivity contribution in [3.05, 3.63) is 0 Å².